The van der Waals surface area contributed by atoms with E-state index < -0.39 is 0 Å². The molecular formula is C17H16O2. The highest BCUT2D eigenvalue weighted by molar-refractivity contribution is 5.89. The lowest BCUT2D eigenvalue weighted by Crippen LogP contribution is -2.41. The molecule has 1 aromatic rings. The molecule has 96 valence electrons. The van der Waals surface area contributed by atoms with Crippen LogP contribution in [-0.2, 0) is 4.74 Å². The molecule has 0 heterocycles. The van der Waals surface area contributed by atoms with Gasteiger partial charge in [-0.3, -0.25) is 0 Å². The molecule has 2 heteroatoms. The first-order valence-corrected chi connectivity index (χ1v) is 6.94. The van der Waals surface area contributed by atoms with Crippen molar-refractivity contribution in [2.75, 3.05) is 0 Å². The van der Waals surface area contributed by atoms with Crippen molar-refractivity contribution in [3.8, 4) is 0 Å². The van der Waals surface area contributed by atoms with Crippen molar-refractivity contribution in [3.63, 3.8) is 0 Å². The van der Waals surface area contributed by atoms with E-state index >= 15 is 0 Å². The first-order valence-electron chi connectivity index (χ1n) is 6.94. The van der Waals surface area contributed by atoms with E-state index in [0.29, 0.717) is 23.3 Å². The molecule has 0 aromatic heterocycles. The Morgan fingerprint density at radius 1 is 1.21 bits per heavy atom. The first-order chi connectivity index (χ1) is 9.29. The van der Waals surface area contributed by atoms with Crippen molar-refractivity contribution < 1.29 is 9.53 Å². The molecule has 1 saturated carbocycles. The van der Waals surface area contributed by atoms with Gasteiger partial charge < -0.3 is 4.74 Å². The summed E-state index contributed by atoms with van der Waals surface area (Å²) in [5, 5.41) is 0. The van der Waals surface area contributed by atoms with Crippen LogP contribution in [0.1, 0.15) is 23.2 Å². The zero-order chi connectivity index (χ0) is 12.9. The van der Waals surface area contributed by atoms with Crippen LogP contribution in [0.15, 0.2) is 54.6 Å². The molecule has 1 fully saturated rings. The Labute approximate surface area is 112 Å². The fourth-order valence-corrected chi connectivity index (χ4v) is 3.95. The Hall–Kier alpha value is -1.83. The van der Waals surface area contributed by atoms with Crippen LogP contribution in [0.5, 0.6) is 0 Å². The highest BCUT2D eigenvalue weighted by Crippen LogP contribution is 2.57. The lowest BCUT2D eigenvalue weighted by molar-refractivity contribution is -0.0246. The quantitative estimate of drug-likeness (QED) is 0.596. The van der Waals surface area contributed by atoms with Crippen LogP contribution in [0.4, 0.5) is 0 Å². The van der Waals surface area contributed by atoms with Gasteiger partial charge in [-0.15, -0.1) is 0 Å². The number of rotatable bonds is 2. The molecule has 3 aliphatic carbocycles. The molecule has 4 rings (SSSR count). The predicted molar refractivity (Wildman–Crippen MR) is 72.6 cm³/mol. The maximum atomic E-state index is 12.3. The van der Waals surface area contributed by atoms with E-state index in [1.807, 2.05) is 30.3 Å². The standard InChI is InChI=1S/C17H16O2/c18-16(12-5-2-1-3-6-12)19-17-10-4-7-15(17)13-8-9-14(17)11-13/h1-6,8-10,13-15H,7,11H2/t13-,14+,15-,17-/m1/s1. The maximum Gasteiger partial charge on any atom is 0.339 e. The third-order valence-electron chi connectivity index (χ3n) is 4.84. The Morgan fingerprint density at radius 2 is 2.05 bits per heavy atom. The van der Waals surface area contributed by atoms with E-state index in [1.54, 1.807) is 0 Å². The van der Waals surface area contributed by atoms with Crippen LogP contribution < -0.4 is 0 Å². The number of allylic oxidation sites excluding steroid dienone is 2. The second kappa shape index (κ2) is 3.83. The number of carbonyl (C=O) groups excluding carboxylic acids is 1. The molecule has 0 amide bonds. The fourth-order valence-electron chi connectivity index (χ4n) is 3.95. The number of hydrogen-bond donors (Lipinski definition) is 0. The first kappa shape index (κ1) is 11.0. The zero-order valence-electron chi connectivity index (χ0n) is 10.7. The number of ether oxygens (including phenoxy) is 1. The molecule has 0 radical (unpaired) electrons. The van der Waals surface area contributed by atoms with Gasteiger partial charge >= 0.3 is 5.97 Å². The van der Waals surface area contributed by atoms with E-state index in [9.17, 15) is 4.79 Å². The fraction of sp³-hybridized carbons (Fsp3) is 0.353. The van der Waals surface area contributed by atoms with Crippen molar-refractivity contribution in [2.45, 2.75) is 18.4 Å². The summed E-state index contributed by atoms with van der Waals surface area (Å²) >= 11 is 0. The largest absolute Gasteiger partial charge is 0.450 e. The minimum atomic E-state index is -0.369. The van der Waals surface area contributed by atoms with Crippen molar-refractivity contribution >= 4 is 5.97 Å². The molecule has 0 unspecified atom stereocenters. The zero-order valence-corrected chi connectivity index (χ0v) is 10.7. The summed E-state index contributed by atoms with van der Waals surface area (Å²) in [5.41, 5.74) is 0.273. The van der Waals surface area contributed by atoms with Gasteiger partial charge in [-0.05, 0) is 37.0 Å². The second-order valence-electron chi connectivity index (χ2n) is 5.74. The number of benzene rings is 1. The van der Waals surface area contributed by atoms with E-state index in [2.05, 4.69) is 24.3 Å². The van der Waals surface area contributed by atoms with Crippen LogP contribution >= 0.6 is 0 Å². The van der Waals surface area contributed by atoms with Gasteiger partial charge in [0.25, 0.3) is 0 Å². The van der Waals surface area contributed by atoms with Crippen molar-refractivity contribution in [2.24, 2.45) is 17.8 Å². The molecule has 0 spiro atoms. The van der Waals surface area contributed by atoms with Crippen LogP contribution in [0.2, 0.25) is 0 Å². The summed E-state index contributed by atoms with van der Waals surface area (Å²) < 4.78 is 5.97. The number of fused-ring (bicyclic) bond motifs is 5. The van der Waals surface area contributed by atoms with Gasteiger partial charge in [0.15, 0.2) is 0 Å². The van der Waals surface area contributed by atoms with Gasteiger partial charge in [-0.1, -0.05) is 36.4 Å². The summed E-state index contributed by atoms with van der Waals surface area (Å²) in [6.07, 6.45) is 11.0. The molecule has 0 saturated heterocycles. The Morgan fingerprint density at radius 3 is 2.89 bits per heavy atom. The second-order valence-corrected chi connectivity index (χ2v) is 5.74. The van der Waals surface area contributed by atoms with Gasteiger partial charge in [0, 0.05) is 11.8 Å². The van der Waals surface area contributed by atoms with Crippen LogP contribution in [0.25, 0.3) is 0 Å². The van der Waals surface area contributed by atoms with E-state index in [1.165, 1.54) is 0 Å². The Bertz CT molecular complexity index is 572. The number of carbonyl (C=O) groups is 1. The minimum absolute atomic E-state index is 0.196. The smallest absolute Gasteiger partial charge is 0.339 e. The van der Waals surface area contributed by atoms with Gasteiger partial charge in [0.2, 0.25) is 0 Å². The van der Waals surface area contributed by atoms with Crippen molar-refractivity contribution in [1.29, 1.82) is 0 Å². The van der Waals surface area contributed by atoms with Gasteiger partial charge in [0.1, 0.15) is 5.60 Å². The Balaban J connectivity index is 1.64. The highest BCUT2D eigenvalue weighted by atomic mass is 16.6. The average Bonchev–Trinajstić information content (AvgIpc) is 3.11. The summed E-state index contributed by atoms with van der Waals surface area (Å²) in [7, 11) is 0. The lowest BCUT2D eigenvalue weighted by Gasteiger charge is -2.35. The molecule has 3 aliphatic rings. The molecule has 1 aromatic carbocycles. The summed E-state index contributed by atoms with van der Waals surface area (Å²) in [4.78, 5) is 12.3. The van der Waals surface area contributed by atoms with Crippen LogP contribution in [0.3, 0.4) is 0 Å². The molecule has 2 bridgehead atoms. The normalized spacial score (nSPS) is 37.6. The number of hydrogen-bond acceptors (Lipinski definition) is 2. The molecule has 19 heavy (non-hydrogen) atoms. The molecule has 0 N–H and O–H groups in total. The van der Waals surface area contributed by atoms with Crippen molar-refractivity contribution in [1.82, 2.24) is 0 Å². The minimum Gasteiger partial charge on any atom is -0.450 e. The summed E-state index contributed by atoms with van der Waals surface area (Å²) in [6.45, 7) is 0. The van der Waals surface area contributed by atoms with Crippen molar-refractivity contribution in [3.05, 3.63) is 60.2 Å². The lowest BCUT2D eigenvalue weighted by atomic mass is 9.81. The van der Waals surface area contributed by atoms with Gasteiger partial charge in [0.05, 0.1) is 5.56 Å². The topological polar surface area (TPSA) is 26.3 Å². The van der Waals surface area contributed by atoms with E-state index in [4.69, 9.17) is 4.74 Å². The Kier molecular flexibility index (Phi) is 2.22. The summed E-state index contributed by atoms with van der Waals surface area (Å²) in [5.74, 6) is 1.21. The van der Waals surface area contributed by atoms with E-state index in [-0.39, 0.29) is 11.6 Å². The van der Waals surface area contributed by atoms with Gasteiger partial charge in [-0.2, -0.15) is 0 Å². The monoisotopic (exact) mass is 252 g/mol. The predicted octanol–water partition coefficient (Wildman–Crippen LogP) is 3.36. The van der Waals surface area contributed by atoms with Crippen LogP contribution in [0, 0.1) is 17.8 Å². The van der Waals surface area contributed by atoms with Crippen LogP contribution in [-0.4, -0.2) is 11.6 Å². The molecular weight excluding hydrogens is 236 g/mol. The highest BCUT2D eigenvalue weighted by Gasteiger charge is 2.58. The average molecular weight is 252 g/mol. The number of esters is 1. The van der Waals surface area contributed by atoms with E-state index in [0.717, 1.165) is 12.8 Å². The maximum absolute atomic E-state index is 12.3. The molecule has 2 nitrogen and oxygen atoms in total. The molecule has 0 aliphatic heterocycles. The third kappa shape index (κ3) is 1.46. The van der Waals surface area contributed by atoms with Gasteiger partial charge in [-0.25, -0.2) is 4.79 Å². The summed E-state index contributed by atoms with van der Waals surface area (Å²) in [6, 6.07) is 9.28. The third-order valence-corrected chi connectivity index (χ3v) is 4.84. The SMILES string of the molecule is O=C(O[C@@]12C=CC[C@@H]1[C@@H]1C=C[C@H]2C1)c1ccccc1. The molecule has 4 atom stereocenters.